The third kappa shape index (κ3) is 5.06. The van der Waals surface area contributed by atoms with Crippen LogP contribution in [-0.2, 0) is 24.9 Å². The van der Waals surface area contributed by atoms with Crippen molar-refractivity contribution >= 4 is 34.5 Å². The summed E-state index contributed by atoms with van der Waals surface area (Å²) in [5, 5.41) is 0.495. The summed E-state index contributed by atoms with van der Waals surface area (Å²) < 4.78 is 14.4. The van der Waals surface area contributed by atoms with E-state index in [2.05, 4.69) is 4.98 Å². The van der Waals surface area contributed by atoms with Crippen LogP contribution in [0.4, 0.5) is 0 Å². The van der Waals surface area contributed by atoms with Crippen molar-refractivity contribution in [2.24, 2.45) is 7.05 Å². The van der Waals surface area contributed by atoms with Gasteiger partial charge in [0, 0.05) is 12.6 Å². The molecule has 8 nitrogen and oxygen atoms in total. The van der Waals surface area contributed by atoms with Gasteiger partial charge in [0.15, 0.2) is 28.0 Å². The number of carbonyl (C=O) groups excluding carboxylic acids is 2. The number of aromatic nitrogens is 3. The quantitative estimate of drug-likeness (QED) is 0.143. The lowest BCUT2D eigenvalue weighted by Gasteiger charge is -2.13. The predicted molar refractivity (Wildman–Crippen MR) is 139 cm³/mol. The fourth-order valence-electron chi connectivity index (χ4n) is 3.87. The van der Waals surface area contributed by atoms with Crippen LogP contribution in [0, 0.1) is 0 Å². The first-order chi connectivity index (χ1) is 17.3. The Kier molecular flexibility index (Phi) is 7.59. The van der Waals surface area contributed by atoms with Gasteiger partial charge < -0.3 is 14.0 Å². The molecule has 4 aromatic rings. The van der Waals surface area contributed by atoms with Gasteiger partial charge in [-0.05, 0) is 25.7 Å². The fourth-order valence-corrected chi connectivity index (χ4v) is 4.41. The highest BCUT2D eigenvalue weighted by Gasteiger charge is 2.29. The van der Waals surface area contributed by atoms with Crippen molar-refractivity contribution in [3.63, 3.8) is 0 Å². The number of ketones is 1. The number of esters is 1. The molecule has 0 aliphatic carbocycles. The van der Waals surface area contributed by atoms with E-state index in [1.54, 1.807) is 51.4 Å². The van der Waals surface area contributed by atoms with E-state index in [0.717, 1.165) is 5.56 Å². The maximum absolute atomic E-state index is 13.8. The Balaban J connectivity index is 1.82. The van der Waals surface area contributed by atoms with Gasteiger partial charge in [-0.15, -0.1) is 0 Å². The SMILES string of the molecule is CSc1nc2c(c(OC(C)C)c(C(=O)OCc3ccccc3)n2C)c(=O)n1CC(=O)c1ccccc1. The molecule has 0 radical (unpaired) electrons. The average molecular weight is 506 g/mol. The van der Waals surface area contributed by atoms with E-state index in [9.17, 15) is 14.4 Å². The van der Waals surface area contributed by atoms with Crippen LogP contribution in [0.5, 0.6) is 5.75 Å². The molecule has 4 rings (SSSR count). The highest BCUT2D eigenvalue weighted by atomic mass is 32.2. The normalized spacial score (nSPS) is 11.1. The summed E-state index contributed by atoms with van der Waals surface area (Å²) in [6.45, 7) is 3.49. The first kappa shape index (κ1) is 25.2. The molecule has 0 saturated carbocycles. The molecule has 0 bridgehead atoms. The van der Waals surface area contributed by atoms with Gasteiger partial charge in [-0.1, -0.05) is 72.4 Å². The van der Waals surface area contributed by atoms with Gasteiger partial charge in [-0.25, -0.2) is 9.78 Å². The molecule has 2 heterocycles. The zero-order valence-corrected chi connectivity index (χ0v) is 21.4. The highest BCUT2D eigenvalue weighted by molar-refractivity contribution is 7.98. The second kappa shape index (κ2) is 10.8. The molecular formula is C27H27N3O5S. The van der Waals surface area contributed by atoms with Crippen molar-refractivity contribution in [3.8, 4) is 5.75 Å². The molecule has 2 aromatic carbocycles. The Bertz CT molecular complexity index is 1460. The Labute approximate surface area is 212 Å². The minimum Gasteiger partial charge on any atom is -0.488 e. The van der Waals surface area contributed by atoms with E-state index in [-0.39, 0.29) is 47.5 Å². The number of carbonyl (C=O) groups is 2. The number of benzene rings is 2. The van der Waals surface area contributed by atoms with E-state index in [1.165, 1.54) is 20.9 Å². The second-order valence-corrected chi connectivity index (χ2v) is 9.22. The number of nitrogens with zero attached hydrogens (tertiary/aromatic N) is 3. The summed E-state index contributed by atoms with van der Waals surface area (Å²) in [5.74, 6) is -0.752. The van der Waals surface area contributed by atoms with Crippen molar-refractivity contribution in [2.75, 3.05) is 6.26 Å². The Hall–Kier alpha value is -3.85. The van der Waals surface area contributed by atoms with E-state index < -0.39 is 11.5 Å². The molecular weight excluding hydrogens is 478 g/mol. The van der Waals surface area contributed by atoms with Gasteiger partial charge in [-0.2, -0.15) is 0 Å². The minimum atomic E-state index is -0.632. The summed E-state index contributed by atoms with van der Waals surface area (Å²) >= 11 is 1.24. The van der Waals surface area contributed by atoms with E-state index in [1.807, 2.05) is 36.4 Å². The molecule has 2 aromatic heterocycles. The summed E-state index contributed by atoms with van der Waals surface area (Å²) in [5.41, 5.74) is 1.25. The summed E-state index contributed by atoms with van der Waals surface area (Å²) in [7, 11) is 1.64. The molecule has 0 unspecified atom stereocenters. The van der Waals surface area contributed by atoms with Gasteiger partial charge >= 0.3 is 5.97 Å². The molecule has 0 atom stereocenters. The van der Waals surface area contributed by atoms with Gasteiger partial charge in [0.05, 0.1) is 12.6 Å². The van der Waals surface area contributed by atoms with E-state index in [4.69, 9.17) is 9.47 Å². The number of aryl methyl sites for hydroxylation is 1. The number of thioether (sulfide) groups is 1. The maximum Gasteiger partial charge on any atom is 0.359 e. The number of fused-ring (bicyclic) bond motifs is 1. The van der Waals surface area contributed by atoms with Crippen LogP contribution in [0.25, 0.3) is 11.0 Å². The van der Waals surface area contributed by atoms with Gasteiger partial charge in [0.25, 0.3) is 5.56 Å². The Morgan fingerprint density at radius 3 is 2.28 bits per heavy atom. The molecule has 0 saturated heterocycles. The van der Waals surface area contributed by atoms with Crippen molar-refractivity contribution < 1.29 is 19.1 Å². The molecule has 9 heteroatoms. The lowest BCUT2D eigenvalue weighted by molar-refractivity contribution is 0.0455. The van der Waals surface area contributed by atoms with Crippen molar-refractivity contribution in [2.45, 2.75) is 38.3 Å². The molecule has 0 fully saturated rings. The summed E-state index contributed by atoms with van der Waals surface area (Å²) in [6.07, 6.45) is 1.45. The average Bonchev–Trinajstić information content (AvgIpc) is 3.15. The number of hydrogen-bond acceptors (Lipinski definition) is 7. The van der Waals surface area contributed by atoms with Crippen LogP contribution in [0.15, 0.2) is 70.6 Å². The number of hydrogen-bond donors (Lipinski definition) is 0. The molecule has 0 aliphatic rings. The smallest absolute Gasteiger partial charge is 0.359 e. The number of rotatable bonds is 9. The van der Waals surface area contributed by atoms with Crippen LogP contribution in [0.3, 0.4) is 0 Å². The molecule has 36 heavy (non-hydrogen) atoms. The largest absolute Gasteiger partial charge is 0.488 e. The van der Waals surface area contributed by atoms with E-state index >= 15 is 0 Å². The van der Waals surface area contributed by atoms with Gasteiger partial charge in [0.1, 0.15) is 12.0 Å². The summed E-state index contributed by atoms with van der Waals surface area (Å²) in [4.78, 5) is 44.5. The third-order valence-corrected chi connectivity index (χ3v) is 6.23. The van der Waals surface area contributed by atoms with Crippen LogP contribution in [-0.4, -0.2) is 38.2 Å². The van der Waals surface area contributed by atoms with Crippen LogP contribution >= 0.6 is 11.8 Å². The highest BCUT2D eigenvalue weighted by Crippen LogP contribution is 2.32. The molecule has 0 aliphatic heterocycles. The third-order valence-electron chi connectivity index (χ3n) is 5.55. The van der Waals surface area contributed by atoms with Crippen molar-refractivity contribution in [3.05, 3.63) is 87.8 Å². The fraction of sp³-hybridized carbons (Fsp3) is 0.259. The lowest BCUT2D eigenvalue weighted by atomic mass is 10.1. The molecule has 0 amide bonds. The number of Topliss-reactive ketones (excluding diaryl/α,β-unsaturated/α-hetero) is 1. The van der Waals surface area contributed by atoms with Gasteiger partial charge in [-0.3, -0.25) is 14.2 Å². The monoisotopic (exact) mass is 505 g/mol. The first-order valence-electron chi connectivity index (χ1n) is 11.4. The van der Waals surface area contributed by atoms with Crippen molar-refractivity contribution in [1.29, 1.82) is 0 Å². The van der Waals surface area contributed by atoms with Crippen LogP contribution in [0.1, 0.15) is 40.3 Å². The van der Waals surface area contributed by atoms with Gasteiger partial charge in [0.2, 0.25) is 0 Å². The Morgan fingerprint density at radius 1 is 1.03 bits per heavy atom. The molecule has 0 spiro atoms. The predicted octanol–water partition coefficient (Wildman–Crippen LogP) is 4.48. The molecule has 186 valence electrons. The summed E-state index contributed by atoms with van der Waals surface area (Å²) in [6, 6.07) is 18.1. The lowest BCUT2D eigenvalue weighted by Crippen LogP contribution is -2.27. The first-order valence-corrected chi connectivity index (χ1v) is 12.7. The van der Waals surface area contributed by atoms with Crippen molar-refractivity contribution in [1.82, 2.24) is 14.1 Å². The molecule has 0 N–H and O–H groups in total. The zero-order valence-electron chi connectivity index (χ0n) is 20.6. The van der Waals surface area contributed by atoms with E-state index in [0.29, 0.717) is 10.7 Å². The minimum absolute atomic E-state index is 0.0710. The Morgan fingerprint density at radius 2 is 1.67 bits per heavy atom. The zero-order chi connectivity index (χ0) is 25.8. The topological polar surface area (TPSA) is 92.4 Å². The second-order valence-electron chi connectivity index (χ2n) is 8.44. The standard InChI is InChI=1S/C27H27N3O5S/c1-17(2)35-23-21-24(29(3)22(23)26(33)34-16-18-11-7-5-8-12-18)28-27(36-4)30(25(21)32)15-20(31)19-13-9-6-10-14-19/h5-14,17H,15-16H2,1-4H3. The van der Waals surface area contributed by atoms with Crippen LogP contribution in [0.2, 0.25) is 0 Å². The number of ether oxygens (including phenoxy) is 2. The maximum atomic E-state index is 13.8. The van der Waals surface area contributed by atoms with Crippen LogP contribution < -0.4 is 10.3 Å².